The molecule has 2 fully saturated rings. The van der Waals surface area contributed by atoms with E-state index in [0.29, 0.717) is 12.2 Å². The van der Waals surface area contributed by atoms with Crippen LogP contribution in [0, 0.1) is 11.8 Å². The van der Waals surface area contributed by atoms with E-state index in [1.165, 1.54) is 0 Å². The van der Waals surface area contributed by atoms with E-state index in [-0.39, 0.29) is 24.2 Å². The van der Waals surface area contributed by atoms with Crippen LogP contribution in [0.3, 0.4) is 0 Å². The number of allylic oxidation sites excluding steroid dienone is 1. The number of fused-ring (bicyclic) bond motifs is 1. The molecule has 2 heterocycles. The molecule has 30 heavy (non-hydrogen) atoms. The van der Waals surface area contributed by atoms with Crippen molar-refractivity contribution >= 4 is 23.5 Å². The fourth-order valence-corrected chi connectivity index (χ4v) is 5.64. The summed E-state index contributed by atoms with van der Waals surface area (Å²) in [5, 5.41) is 11.5. The van der Waals surface area contributed by atoms with Gasteiger partial charge in [-0.3, -0.25) is 4.79 Å². The smallest absolute Gasteiger partial charge is 0.339 e. The number of likely N-dealkylation sites (tertiary alicyclic amines) is 1. The Morgan fingerprint density at radius 1 is 1.33 bits per heavy atom. The first-order chi connectivity index (χ1) is 14.4. The molecule has 2 saturated heterocycles. The topological polar surface area (TPSA) is 76.1 Å². The van der Waals surface area contributed by atoms with Gasteiger partial charge in [0.15, 0.2) is 5.60 Å². The van der Waals surface area contributed by atoms with Gasteiger partial charge in [-0.15, -0.1) is 11.6 Å². The molecule has 0 radical (unpaired) electrons. The fraction of sp³-hybridized carbons (Fsp3) is 0.565. The Labute approximate surface area is 181 Å². The van der Waals surface area contributed by atoms with Crippen molar-refractivity contribution in [2.75, 3.05) is 13.0 Å². The maximum absolute atomic E-state index is 13.5. The molecule has 1 aromatic carbocycles. The summed E-state index contributed by atoms with van der Waals surface area (Å²) < 4.78 is 10.9. The Bertz CT molecular complexity index is 856. The maximum atomic E-state index is 13.5. The summed E-state index contributed by atoms with van der Waals surface area (Å²) in [7, 11) is 1.59. The zero-order valence-electron chi connectivity index (χ0n) is 17.3. The zero-order valence-corrected chi connectivity index (χ0v) is 18.1. The third-order valence-electron chi connectivity index (χ3n) is 7.05. The van der Waals surface area contributed by atoms with E-state index in [2.05, 4.69) is 0 Å². The Kier molecular flexibility index (Phi) is 5.58. The molecule has 2 unspecified atom stereocenters. The van der Waals surface area contributed by atoms with Crippen molar-refractivity contribution in [1.29, 1.82) is 0 Å². The fourth-order valence-electron chi connectivity index (χ4n) is 5.43. The molecule has 4 rings (SSSR count). The normalized spacial score (nSPS) is 33.7. The first-order valence-electron chi connectivity index (χ1n) is 10.5. The number of rotatable bonds is 7. The highest BCUT2D eigenvalue weighted by Crippen LogP contribution is 2.58. The van der Waals surface area contributed by atoms with Gasteiger partial charge in [0.2, 0.25) is 11.4 Å². The van der Waals surface area contributed by atoms with Gasteiger partial charge in [-0.25, -0.2) is 4.79 Å². The Morgan fingerprint density at radius 3 is 2.63 bits per heavy atom. The number of hydrogen-bond donors (Lipinski definition) is 1. The molecule has 5 atom stereocenters. The van der Waals surface area contributed by atoms with Gasteiger partial charge in [0.05, 0.1) is 19.1 Å². The van der Waals surface area contributed by atoms with Gasteiger partial charge in [-0.2, -0.15) is 0 Å². The van der Waals surface area contributed by atoms with Crippen LogP contribution >= 0.6 is 11.6 Å². The van der Waals surface area contributed by atoms with Crippen LogP contribution in [-0.2, 0) is 20.9 Å². The van der Waals surface area contributed by atoms with Crippen molar-refractivity contribution in [1.82, 2.24) is 4.90 Å². The second-order valence-electron chi connectivity index (χ2n) is 8.53. The third-order valence-corrected chi connectivity index (χ3v) is 7.27. The third kappa shape index (κ3) is 2.88. The summed E-state index contributed by atoms with van der Waals surface area (Å²) in [6, 6.07) is 7.36. The summed E-state index contributed by atoms with van der Waals surface area (Å²) in [5.74, 6) is -0.523. The predicted molar refractivity (Wildman–Crippen MR) is 112 cm³/mol. The SMILES string of the molecule is COc1ccc(CN2C(=O)[C@H](CCCl)C3(C)OC(=O)C23[C@@H](O)[C@@H]2C=CCCC2)cc1. The molecular weight excluding hydrogens is 406 g/mol. The van der Waals surface area contributed by atoms with Crippen LogP contribution in [0.1, 0.15) is 38.2 Å². The number of amides is 1. The number of halogens is 1. The minimum atomic E-state index is -1.41. The van der Waals surface area contributed by atoms with Crippen LogP contribution in [0.25, 0.3) is 0 Å². The van der Waals surface area contributed by atoms with Crippen molar-refractivity contribution in [2.45, 2.75) is 56.4 Å². The van der Waals surface area contributed by atoms with Crippen LogP contribution in [0.4, 0.5) is 0 Å². The zero-order chi connectivity index (χ0) is 21.5. The minimum absolute atomic E-state index is 0.196. The van der Waals surface area contributed by atoms with E-state index in [1.54, 1.807) is 18.9 Å². The number of esters is 1. The summed E-state index contributed by atoms with van der Waals surface area (Å²) in [6.07, 6.45) is 6.03. The van der Waals surface area contributed by atoms with Gasteiger partial charge >= 0.3 is 5.97 Å². The number of methoxy groups -OCH3 is 1. The van der Waals surface area contributed by atoms with Crippen LogP contribution in [0.2, 0.25) is 0 Å². The monoisotopic (exact) mass is 433 g/mol. The average Bonchev–Trinajstić information content (AvgIpc) is 2.90. The van der Waals surface area contributed by atoms with E-state index in [9.17, 15) is 14.7 Å². The molecule has 2 aliphatic heterocycles. The minimum Gasteiger partial charge on any atom is -0.497 e. The van der Waals surface area contributed by atoms with E-state index < -0.39 is 29.1 Å². The molecule has 1 aromatic rings. The molecule has 6 nitrogen and oxygen atoms in total. The highest BCUT2D eigenvalue weighted by molar-refractivity contribution is 6.18. The number of hydrogen-bond acceptors (Lipinski definition) is 5. The molecule has 1 N–H and O–H groups in total. The molecule has 3 aliphatic rings. The lowest BCUT2D eigenvalue weighted by molar-refractivity contribution is -0.256. The molecular formula is C23H28ClNO5. The van der Waals surface area contributed by atoms with Gasteiger partial charge in [-0.05, 0) is 50.3 Å². The molecule has 0 bridgehead atoms. The van der Waals surface area contributed by atoms with Gasteiger partial charge < -0.3 is 19.5 Å². The number of nitrogens with zero attached hydrogens (tertiary/aromatic N) is 1. The van der Waals surface area contributed by atoms with E-state index in [1.807, 2.05) is 36.4 Å². The lowest BCUT2D eigenvalue weighted by Gasteiger charge is -2.57. The molecule has 0 aromatic heterocycles. The summed E-state index contributed by atoms with van der Waals surface area (Å²) in [4.78, 5) is 28.1. The van der Waals surface area contributed by atoms with E-state index in [4.69, 9.17) is 21.1 Å². The van der Waals surface area contributed by atoms with Crippen molar-refractivity contribution in [3.63, 3.8) is 0 Å². The standard InChI is InChI=1S/C23H28ClNO5/c1-22-18(12-13-24)20(27)25(14-15-8-10-17(29-2)11-9-15)23(22,21(28)30-22)19(26)16-6-4-3-5-7-16/h4,6,8-11,16,18-19,26H,3,5,7,12-14H2,1-2H3/t16-,18+,19+,22?,23?/m1/s1. The van der Waals surface area contributed by atoms with Crippen molar-refractivity contribution in [3.05, 3.63) is 42.0 Å². The molecule has 1 aliphatic carbocycles. The largest absolute Gasteiger partial charge is 0.497 e. The number of benzene rings is 1. The lowest BCUT2D eigenvalue weighted by atomic mass is 9.64. The average molecular weight is 434 g/mol. The lowest BCUT2D eigenvalue weighted by Crippen LogP contribution is -2.80. The van der Waals surface area contributed by atoms with Crippen molar-refractivity contribution in [2.24, 2.45) is 11.8 Å². The van der Waals surface area contributed by atoms with Crippen molar-refractivity contribution < 1.29 is 24.2 Å². The predicted octanol–water partition coefficient (Wildman–Crippen LogP) is 3.05. The Morgan fingerprint density at radius 2 is 2.07 bits per heavy atom. The molecule has 7 heteroatoms. The quantitative estimate of drug-likeness (QED) is 0.406. The number of aliphatic hydroxyl groups excluding tert-OH is 1. The van der Waals surface area contributed by atoms with Gasteiger partial charge in [0, 0.05) is 18.3 Å². The number of carbonyl (C=O) groups is 2. The van der Waals surface area contributed by atoms with Gasteiger partial charge in [0.1, 0.15) is 5.75 Å². The molecule has 1 amide bonds. The first kappa shape index (κ1) is 21.2. The van der Waals surface area contributed by atoms with Crippen LogP contribution in [-0.4, -0.2) is 52.1 Å². The second kappa shape index (κ2) is 7.89. The number of aliphatic hydroxyl groups is 1. The van der Waals surface area contributed by atoms with Gasteiger partial charge in [-0.1, -0.05) is 24.3 Å². The van der Waals surface area contributed by atoms with E-state index >= 15 is 0 Å². The van der Waals surface area contributed by atoms with Crippen LogP contribution in [0.15, 0.2) is 36.4 Å². The van der Waals surface area contributed by atoms with Gasteiger partial charge in [0.25, 0.3) is 0 Å². The Hall–Kier alpha value is -2.05. The summed E-state index contributed by atoms with van der Waals surface area (Å²) in [6.45, 7) is 1.98. The maximum Gasteiger partial charge on any atom is 0.339 e. The second-order valence-corrected chi connectivity index (χ2v) is 8.91. The van der Waals surface area contributed by atoms with Crippen molar-refractivity contribution in [3.8, 4) is 5.75 Å². The van der Waals surface area contributed by atoms with Crippen LogP contribution < -0.4 is 4.74 Å². The van der Waals surface area contributed by atoms with E-state index in [0.717, 1.165) is 24.8 Å². The summed E-state index contributed by atoms with van der Waals surface area (Å²) in [5.41, 5.74) is -1.66. The molecule has 0 saturated carbocycles. The Balaban J connectivity index is 1.76. The summed E-state index contributed by atoms with van der Waals surface area (Å²) >= 11 is 6.00. The number of carbonyl (C=O) groups excluding carboxylic acids is 2. The number of ether oxygens (including phenoxy) is 2. The first-order valence-corrected chi connectivity index (χ1v) is 11.0. The number of alkyl halides is 1. The molecule has 162 valence electrons. The highest BCUT2D eigenvalue weighted by atomic mass is 35.5. The van der Waals surface area contributed by atoms with Crippen LogP contribution in [0.5, 0.6) is 5.75 Å². The highest BCUT2D eigenvalue weighted by Gasteiger charge is 2.82. The molecule has 0 spiro atoms.